The molecule has 2 atom stereocenters. The molecule has 0 spiro atoms. The van der Waals surface area contributed by atoms with E-state index in [0.717, 1.165) is 12.8 Å². The van der Waals surface area contributed by atoms with Crippen molar-refractivity contribution >= 4 is 11.9 Å². The van der Waals surface area contributed by atoms with E-state index < -0.39 is 17.8 Å². The van der Waals surface area contributed by atoms with Gasteiger partial charge in [0.25, 0.3) is 0 Å². The second-order valence-electron chi connectivity index (χ2n) is 5.11. The Morgan fingerprint density at radius 3 is 2.65 bits per heavy atom. The van der Waals surface area contributed by atoms with Crippen molar-refractivity contribution in [1.29, 1.82) is 0 Å². The summed E-state index contributed by atoms with van der Waals surface area (Å²) in [5, 5.41) is 15.6. The van der Waals surface area contributed by atoms with Crippen LogP contribution in [-0.4, -0.2) is 33.7 Å². The van der Waals surface area contributed by atoms with Gasteiger partial charge in [0.15, 0.2) is 5.82 Å². The Morgan fingerprint density at radius 2 is 2.05 bits per heavy atom. The Bertz CT molecular complexity index is 486. The van der Waals surface area contributed by atoms with Crippen molar-refractivity contribution in [3.8, 4) is 0 Å². The molecule has 20 heavy (non-hydrogen) atoms. The first-order valence-corrected chi connectivity index (χ1v) is 6.87. The summed E-state index contributed by atoms with van der Waals surface area (Å²) in [5.41, 5.74) is 0. The maximum atomic E-state index is 12.1. The summed E-state index contributed by atoms with van der Waals surface area (Å²) < 4.78 is 4.94. The minimum absolute atomic E-state index is 0.187. The van der Waals surface area contributed by atoms with Gasteiger partial charge < -0.3 is 14.9 Å². The third-order valence-corrected chi connectivity index (χ3v) is 3.63. The van der Waals surface area contributed by atoms with Crippen LogP contribution in [0.3, 0.4) is 0 Å². The summed E-state index contributed by atoms with van der Waals surface area (Å²) >= 11 is 0. The molecular formula is C13H19N3O4. The van der Waals surface area contributed by atoms with Crippen molar-refractivity contribution in [3.05, 3.63) is 11.7 Å². The highest BCUT2D eigenvalue weighted by molar-refractivity contribution is 5.84. The molecule has 0 bridgehead atoms. The lowest BCUT2D eigenvalue weighted by Gasteiger charge is -2.27. The summed E-state index contributed by atoms with van der Waals surface area (Å²) in [6.45, 7) is 2.11. The summed E-state index contributed by atoms with van der Waals surface area (Å²) in [4.78, 5) is 27.3. The Labute approximate surface area is 116 Å². The molecule has 1 aliphatic rings. The van der Waals surface area contributed by atoms with E-state index in [-0.39, 0.29) is 5.91 Å². The average Bonchev–Trinajstić information content (AvgIpc) is 2.84. The Balaban J connectivity index is 1.82. The van der Waals surface area contributed by atoms with Gasteiger partial charge in [-0.2, -0.15) is 4.98 Å². The highest BCUT2D eigenvalue weighted by Gasteiger charge is 2.35. The molecule has 7 heteroatoms. The second kappa shape index (κ2) is 6.49. The number of aliphatic carboxylic acids is 1. The molecule has 0 unspecified atom stereocenters. The number of carbonyl (C=O) groups is 2. The molecule has 0 aromatic carbocycles. The number of carboxylic acids is 1. The highest BCUT2D eigenvalue weighted by Crippen LogP contribution is 2.30. The number of aromatic nitrogens is 2. The molecule has 1 saturated carbocycles. The molecular weight excluding hydrogens is 262 g/mol. The number of carbonyl (C=O) groups excluding carboxylic acids is 1. The molecule has 2 N–H and O–H groups in total. The van der Waals surface area contributed by atoms with Crippen molar-refractivity contribution < 1.29 is 19.2 Å². The van der Waals surface area contributed by atoms with Crippen LogP contribution in [0, 0.1) is 18.8 Å². The van der Waals surface area contributed by atoms with Crippen molar-refractivity contribution in [2.45, 2.75) is 39.0 Å². The fourth-order valence-electron chi connectivity index (χ4n) is 2.61. The van der Waals surface area contributed by atoms with Gasteiger partial charge in [-0.25, -0.2) is 0 Å². The van der Waals surface area contributed by atoms with E-state index in [1.165, 1.54) is 0 Å². The second-order valence-corrected chi connectivity index (χ2v) is 5.11. The fourth-order valence-corrected chi connectivity index (χ4v) is 2.61. The normalized spacial score (nSPS) is 22.4. The lowest BCUT2D eigenvalue weighted by Crippen LogP contribution is -2.40. The smallest absolute Gasteiger partial charge is 0.307 e. The lowest BCUT2D eigenvalue weighted by molar-refractivity contribution is -0.148. The number of rotatable bonds is 5. The predicted molar refractivity (Wildman–Crippen MR) is 68.8 cm³/mol. The van der Waals surface area contributed by atoms with E-state index in [1.54, 1.807) is 6.92 Å². The monoisotopic (exact) mass is 281 g/mol. The highest BCUT2D eigenvalue weighted by atomic mass is 16.5. The molecule has 0 radical (unpaired) electrons. The van der Waals surface area contributed by atoms with E-state index in [2.05, 4.69) is 15.5 Å². The van der Waals surface area contributed by atoms with Gasteiger partial charge >= 0.3 is 5.97 Å². The van der Waals surface area contributed by atoms with Crippen molar-refractivity contribution in [1.82, 2.24) is 15.5 Å². The minimum atomic E-state index is -0.877. The molecule has 0 saturated heterocycles. The van der Waals surface area contributed by atoms with Crippen molar-refractivity contribution in [3.63, 3.8) is 0 Å². The van der Waals surface area contributed by atoms with Crippen LogP contribution in [-0.2, 0) is 16.0 Å². The molecule has 1 aromatic heterocycles. The zero-order valence-corrected chi connectivity index (χ0v) is 11.5. The van der Waals surface area contributed by atoms with Gasteiger partial charge in [-0.05, 0) is 19.8 Å². The van der Waals surface area contributed by atoms with Crippen LogP contribution in [0.5, 0.6) is 0 Å². The molecule has 1 amide bonds. The SMILES string of the molecule is Cc1noc(CCNC(=O)[C@@H]2CCCC[C@@H]2C(=O)O)n1. The molecule has 7 nitrogen and oxygen atoms in total. The van der Waals surface area contributed by atoms with Crippen LogP contribution in [0.1, 0.15) is 37.4 Å². The van der Waals surface area contributed by atoms with Crippen molar-refractivity contribution in [2.75, 3.05) is 6.54 Å². The molecule has 1 fully saturated rings. The number of hydrogen-bond donors (Lipinski definition) is 2. The maximum Gasteiger partial charge on any atom is 0.307 e. The minimum Gasteiger partial charge on any atom is -0.481 e. The fraction of sp³-hybridized carbons (Fsp3) is 0.692. The number of nitrogens with one attached hydrogen (secondary N) is 1. The Kier molecular flexibility index (Phi) is 4.70. The topological polar surface area (TPSA) is 105 Å². The third-order valence-electron chi connectivity index (χ3n) is 3.63. The van der Waals surface area contributed by atoms with E-state index in [4.69, 9.17) is 9.63 Å². The van der Waals surface area contributed by atoms with Gasteiger partial charge in [-0.1, -0.05) is 18.0 Å². The number of amides is 1. The molecule has 0 aliphatic heterocycles. The Morgan fingerprint density at radius 1 is 1.35 bits per heavy atom. The van der Waals surface area contributed by atoms with Gasteiger partial charge in [0, 0.05) is 13.0 Å². The van der Waals surface area contributed by atoms with E-state index >= 15 is 0 Å². The predicted octanol–water partition coefficient (Wildman–Crippen LogP) is 0.928. The number of hydrogen-bond acceptors (Lipinski definition) is 5. The summed E-state index contributed by atoms with van der Waals surface area (Å²) in [6, 6.07) is 0. The number of carboxylic acid groups (broad SMARTS) is 1. The third kappa shape index (κ3) is 3.55. The molecule has 110 valence electrons. The first-order chi connectivity index (χ1) is 9.58. The van der Waals surface area contributed by atoms with Crippen LogP contribution in [0.2, 0.25) is 0 Å². The van der Waals surface area contributed by atoms with Crippen LogP contribution < -0.4 is 5.32 Å². The lowest BCUT2D eigenvalue weighted by atomic mass is 9.79. The van der Waals surface area contributed by atoms with Gasteiger partial charge in [0.2, 0.25) is 11.8 Å². The van der Waals surface area contributed by atoms with Gasteiger partial charge in [-0.15, -0.1) is 0 Å². The van der Waals surface area contributed by atoms with E-state index in [0.29, 0.717) is 37.5 Å². The molecule has 2 rings (SSSR count). The molecule has 1 aliphatic carbocycles. The standard InChI is InChI=1S/C13H19N3O4/c1-8-15-11(20-16-8)6-7-14-12(17)9-4-2-3-5-10(9)13(18)19/h9-10H,2-7H2,1H3,(H,14,17)(H,18,19)/t9-,10+/m1/s1. The summed E-state index contributed by atoms with van der Waals surface area (Å²) in [7, 11) is 0. The molecule has 1 heterocycles. The summed E-state index contributed by atoms with van der Waals surface area (Å²) in [5.74, 6) is -1.02. The maximum absolute atomic E-state index is 12.1. The van der Waals surface area contributed by atoms with Gasteiger partial charge in [0.05, 0.1) is 11.8 Å². The van der Waals surface area contributed by atoms with Crippen LogP contribution in [0.15, 0.2) is 4.52 Å². The van der Waals surface area contributed by atoms with E-state index in [1.807, 2.05) is 0 Å². The van der Waals surface area contributed by atoms with Crippen molar-refractivity contribution in [2.24, 2.45) is 11.8 Å². The summed E-state index contributed by atoms with van der Waals surface area (Å²) in [6.07, 6.45) is 3.46. The zero-order valence-electron chi connectivity index (χ0n) is 11.5. The number of nitrogens with zero attached hydrogens (tertiary/aromatic N) is 2. The Hall–Kier alpha value is -1.92. The largest absolute Gasteiger partial charge is 0.481 e. The van der Waals surface area contributed by atoms with Crippen LogP contribution >= 0.6 is 0 Å². The van der Waals surface area contributed by atoms with Gasteiger partial charge in [-0.3, -0.25) is 9.59 Å². The first-order valence-electron chi connectivity index (χ1n) is 6.87. The molecule has 1 aromatic rings. The average molecular weight is 281 g/mol. The van der Waals surface area contributed by atoms with E-state index in [9.17, 15) is 9.59 Å². The van der Waals surface area contributed by atoms with Gasteiger partial charge in [0.1, 0.15) is 0 Å². The van der Waals surface area contributed by atoms with Crippen LogP contribution in [0.4, 0.5) is 0 Å². The van der Waals surface area contributed by atoms with Crippen LogP contribution in [0.25, 0.3) is 0 Å². The first kappa shape index (κ1) is 14.5. The quantitative estimate of drug-likeness (QED) is 0.831. The number of aryl methyl sites for hydroxylation is 1. The zero-order chi connectivity index (χ0) is 14.5.